The summed E-state index contributed by atoms with van der Waals surface area (Å²) in [6, 6.07) is 9.42. The highest BCUT2D eigenvalue weighted by atomic mass is 32.2. The Morgan fingerprint density at radius 3 is 2.72 bits per heavy atom. The van der Waals surface area contributed by atoms with Crippen LogP contribution in [-0.2, 0) is 16.6 Å². The first-order valence-electron chi connectivity index (χ1n) is 10.5. The average molecular weight is 458 g/mol. The lowest BCUT2D eigenvalue weighted by Crippen LogP contribution is -2.44. The van der Waals surface area contributed by atoms with E-state index in [2.05, 4.69) is 19.2 Å². The maximum Gasteiger partial charge on any atom is 0.247 e. The Labute approximate surface area is 189 Å². The Hall–Kier alpha value is -2.87. The SMILES string of the molecule is CC(C)CCNC(=O)[C@H]1c2c(n(C)c3ccccc23)SCC(=O)N1c1cc(F)ccc1F. The zero-order valence-electron chi connectivity index (χ0n) is 18.2. The second kappa shape index (κ2) is 8.94. The van der Waals surface area contributed by atoms with E-state index in [-0.39, 0.29) is 11.4 Å². The van der Waals surface area contributed by atoms with Gasteiger partial charge in [0.1, 0.15) is 17.7 Å². The van der Waals surface area contributed by atoms with Gasteiger partial charge in [0.2, 0.25) is 11.8 Å². The Morgan fingerprint density at radius 2 is 1.97 bits per heavy atom. The first kappa shape index (κ1) is 22.3. The largest absolute Gasteiger partial charge is 0.354 e. The molecule has 0 saturated carbocycles. The minimum atomic E-state index is -1.12. The van der Waals surface area contributed by atoms with Crippen LogP contribution in [0.2, 0.25) is 0 Å². The summed E-state index contributed by atoms with van der Waals surface area (Å²) in [6.45, 7) is 4.53. The van der Waals surface area contributed by atoms with Crippen molar-refractivity contribution in [2.75, 3.05) is 17.2 Å². The van der Waals surface area contributed by atoms with Gasteiger partial charge in [0, 0.05) is 36.1 Å². The molecule has 32 heavy (non-hydrogen) atoms. The Bertz CT molecular complexity index is 1190. The summed E-state index contributed by atoms with van der Waals surface area (Å²) in [6.07, 6.45) is 0.762. The van der Waals surface area contributed by atoms with Crippen molar-refractivity contribution < 1.29 is 18.4 Å². The number of carbonyl (C=O) groups excluding carboxylic acids is 2. The van der Waals surface area contributed by atoms with Gasteiger partial charge in [-0.3, -0.25) is 14.5 Å². The summed E-state index contributed by atoms with van der Waals surface area (Å²) in [5.41, 5.74) is 1.30. The lowest BCUT2D eigenvalue weighted by molar-refractivity contribution is -0.125. The predicted octanol–water partition coefficient (Wildman–Crippen LogP) is 4.80. The molecule has 0 fully saturated rings. The van der Waals surface area contributed by atoms with Gasteiger partial charge in [-0.1, -0.05) is 43.8 Å². The molecule has 2 aromatic carbocycles. The maximum absolute atomic E-state index is 14.8. The van der Waals surface area contributed by atoms with Crippen molar-refractivity contribution in [1.82, 2.24) is 9.88 Å². The lowest BCUT2D eigenvalue weighted by Gasteiger charge is -2.30. The fraction of sp³-hybridized carbons (Fsp3) is 0.333. The zero-order valence-corrected chi connectivity index (χ0v) is 19.0. The van der Waals surface area contributed by atoms with Gasteiger partial charge in [0.15, 0.2) is 0 Å². The Balaban J connectivity index is 1.92. The van der Waals surface area contributed by atoms with Crippen LogP contribution in [0.5, 0.6) is 0 Å². The van der Waals surface area contributed by atoms with Gasteiger partial charge in [-0.05, 0) is 30.5 Å². The van der Waals surface area contributed by atoms with E-state index in [1.807, 2.05) is 35.9 Å². The number of rotatable bonds is 5. The van der Waals surface area contributed by atoms with Gasteiger partial charge in [-0.15, -0.1) is 0 Å². The number of fused-ring (bicyclic) bond motifs is 3. The van der Waals surface area contributed by atoms with Crippen LogP contribution in [0.15, 0.2) is 47.5 Å². The molecule has 2 heterocycles. The van der Waals surface area contributed by atoms with E-state index < -0.39 is 29.5 Å². The zero-order chi connectivity index (χ0) is 23.0. The number of para-hydroxylation sites is 1. The molecule has 168 valence electrons. The Morgan fingerprint density at radius 1 is 1.22 bits per heavy atom. The van der Waals surface area contributed by atoms with Gasteiger partial charge >= 0.3 is 0 Å². The maximum atomic E-state index is 14.8. The monoisotopic (exact) mass is 457 g/mol. The third-order valence-electron chi connectivity index (χ3n) is 5.66. The van der Waals surface area contributed by atoms with Gasteiger partial charge in [-0.2, -0.15) is 0 Å². The summed E-state index contributed by atoms with van der Waals surface area (Å²) in [5.74, 6) is -1.92. The van der Waals surface area contributed by atoms with Crippen LogP contribution in [0, 0.1) is 17.6 Å². The van der Waals surface area contributed by atoms with Crippen molar-refractivity contribution in [1.29, 1.82) is 0 Å². The number of anilines is 1. The van der Waals surface area contributed by atoms with E-state index in [4.69, 9.17) is 0 Å². The average Bonchev–Trinajstić information content (AvgIpc) is 2.93. The number of amides is 2. The number of nitrogens with zero attached hydrogens (tertiary/aromatic N) is 2. The normalized spacial score (nSPS) is 16.4. The highest BCUT2D eigenvalue weighted by Gasteiger charge is 2.40. The number of aryl methyl sites for hydroxylation is 1. The number of benzene rings is 2. The molecule has 8 heteroatoms. The molecule has 0 bridgehead atoms. The third kappa shape index (κ3) is 3.99. The number of thioether (sulfide) groups is 1. The van der Waals surface area contributed by atoms with Gasteiger partial charge in [0.05, 0.1) is 16.5 Å². The minimum absolute atomic E-state index is 0.00287. The van der Waals surface area contributed by atoms with Crippen molar-refractivity contribution in [2.45, 2.75) is 31.3 Å². The van der Waals surface area contributed by atoms with Crippen molar-refractivity contribution in [3.05, 3.63) is 59.7 Å². The van der Waals surface area contributed by atoms with E-state index in [9.17, 15) is 18.4 Å². The van der Waals surface area contributed by atoms with Crippen molar-refractivity contribution >= 4 is 40.2 Å². The van der Waals surface area contributed by atoms with Crippen molar-refractivity contribution in [3.8, 4) is 0 Å². The molecule has 5 nitrogen and oxygen atoms in total. The number of halogens is 2. The number of hydrogen-bond donors (Lipinski definition) is 1. The molecular weight excluding hydrogens is 432 g/mol. The molecule has 1 aliphatic rings. The molecule has 1 N–H and O–H groups in total. The van der Waals surface area contributed by atoms with Crippen LogP contribution in [0.1, 0.15) is 31.9 Å². The molecule has 1 aromatic heterocycles. The molecule has 1 aliphatic heterocycles. The number of carbonyl (C=O) groups is 2. The van der Waals surface area contributed by atoms with Crippen molar-refractivity contribution in [2.24, 2.45) is 13.0 Å². The molecule has 0 aliphatic carbocycles. The Kier molecular flexibility index (Phi) is 6.24. The lowest BCUT2D eigenvalue weighted by atomic mass is 10.0. The summed E-state index contributed by atoms with van der Waals surface area (Å²) in [4.78, 5) is 27.9. The van der Waals surface area contributed by atoms with E-state index in [0.717, 1.165) is 45.4 Å². The highest BCUT2D eigenvalue weighted by Crippen LogP contribution is 2.43. The van der Waals surface area contributed by atoms with Gasteiger partial charge in [-0.25, -0.2) is 8.78 Å². The van der Waals surface area contributed by atoms with Crippen LogP contribution >= 0.6 is 11.8 Å². The second-order valence-electron chi connectivity index (χ2n) is 8.32. The predicted molar refractivity (Wildman–Crippen MR) is 123 cm³/mol. The number of nitrogens with one attached hydrogen (secondary N) is 1. The second-order valence-corrected chi connectivity index (χ2v) is 9.28. The molecule has 0 radical (unpaired) electrons. The topological polar surface area (TPSA) is 54.3 Å². The first-order chi connectivity index (χ1) is 15.3. The van der Waals surface area contributed by atoms with Crippen LogP contribution in [0.3, 0.4) is 0 Å². The summed E-state index contributed by atoms with van der Waals surface area (Å²) >= 11 is 1.30. The molecule has 0 spiro atoms. The molecule has 1 atom stereocenters. The molecule has 0 saturated heterocycles. The molecular formula is C24H25F2N3O2S. The van der Waals surface area contributed by atoms with E-state index >= 15 is 0 Å². The summed E-state index contributed by atoms with van der Waals surface area (Å²) < 4.78 is 30.9. The van der Waals surface area contributed by atoms with Crippen LogP contribution in [0.25, 0.3) is 10.9 Å². The van der Waals surface area contributed by atoms with Gasteiger partial charge < -0.3 is 9.88 Å². The van der Waals surface area contributed by atoms with E-state index in [1.54, 1.807) is 0 Å². The fourth-order valence-electron chi connectivity index (χ4n) is 4.08. The first-order valence-corrected chi connectivity index (χ1v) is 11.5. The van der Waals surface area contributed by atoms with Crippen LogP contribution < -0.4 is 10.2 Å². The molecule has 3 aromatic rings. The number of hydrogen-bond acceptors (Lipinski definition) is 3. The summed E-state index contributed by atoms with van der Waals surface area (Å²) in [5, 5.41) is 4.48. The third-order valence-corrected chi connectivity index (χ3v) is 6.82. The highest BCUT2D eigenvalue weighted by molar-refractivity contribution is 8.00. The fourth-order valence-corrected chi connectivity index (χ4v) is 5.15. The van der Waals surface area contributed by atoms with Crippen LogP contribution in [0.4, 0.5) is 14.5 Å². The standard InChI is InChI=1S/C24H25F2N3O2S/c1-14(2)10-11-27-23(31)22-21-16-6-4-5-7-18(16)28(3)24(21)32-13-20(30)29(22)19-12-15(25)8-9-17(19)26/h4-9,12,14,22H,10-11,13H2,1-3H3,(H,27,31)/t22-/m1/s1. The minimum Gasteiger partial charge on any atom is -0.354 e. The smallest absolute Gasteiger partial charge is 0.247 e. The number of aromatic nitrogens is 1. The quantitative estimate of drug-likeness (QED) is 0.599. The van der Waals surface area contributed by atoms with Gasteiger partial charge in [0.25, 0.3) is 0 Å². The van der Waals surface area contributed by atoms with E-state index in [1.165, 1.54) is 11.8 Å². The molecule has 2 amide bonds. The summed E-state index contributed by atoms with van der Waals surface area (Å²) in [7, 11) is 1.88. The van der Waals surface area contributed by atoms with Crippen LogP contribution in [-0.4, -0.2) is 28.7 Å². The van der Waals surface area contributed by atoms with Crippen molar-refractivity contribution in [3.63, 3.8) is 0 Å². The molecule has 0 unspecified atom stereocenters. The van der Waals surface area contributed by atoms with E-state index in [0.29, 0.717) is 18.0 Å². The molecule has 4 rings (SSSR count).